The second-order valence-electron chi connectivity index (χ2n) is 3.58. The number of nitrogens with two attached hydrogens (primary N) is 1. The number of rotatable bonds is 4. The maximum atomic E-state index is 11.7. The molecule has 1 unspecified atom stereocenters. The third-order valence-electron chi connectivity index (χ3n) is 2.20. The number of carbonyl (C=O) groups is 1. The van der Waals surface area contributed by atoms with Gasteiger partial charge in [0.05, 0.1) is 6.04 Å². The molecule has 1 atom stereocenters. The van der Waals surface area contributed by atoms with Gasteiger partial charge in [0.15, 0.2) is 0 Å². The molecule has 0 saturated heterocycles. The van der Waals surface area contributed by atoms with Gasteiger partial charge in [-0.1, -0.05) is 6.08 Å². The quantitative estimate of drug-likeness (QED) is 0.658. The van der Waals surface area contributed by atoms with Crippen LogP contribution in [-0.2, 0) is 4.79 Å². The van der Waals surface area contributed by atoms with Crippen molar-refractivity contribution in [2.45, 2.75) is 19.4 Å². The van der Waals surface area contributed by atoms with E-state index in [1.54, 1.807) is 6.08 Å². The highest BCUT2D eigenvalue weighted by atomic mass is 127. The first-order valence-electron chi connectivity index (χ1n) is 4.98. The Kier molecular flexibility index (Phi) is 4.95. The lowest BCUT2D eigenvalue weighted by molar-refractivity contribution is -0.117. The predicted molar refractivity (Wildman–Crippen MR) is 75.3 cm³/mol. The van der Waals surface area contributed by atoms with Crippen LogP contribution in [0.1, 0.15) is 12.0 Å². The van der Waals surface area contributed by atoms with Gasteiger partial charge in [0.1, 0.15) is 0 Å². The van der Waals surface area contributed by atoms with Crippen molar-refractivity contribution < 1.29 is 4.79 Å². The first kappa shape index (κ1) is 13.2. The van der Waals surface area contributed by atoms with E-state index in [1.165, 1.54) is 0 Å². The number of carbonyl (C=O) groups excluding carboxylic acids is 1. The second kappa shape index (κ2) is 6.00. The van der Waals surface area contributed by atoms with Crippen LogP contribution in [0.5, 0.6) is 0 Å². The summed E-state index contributed by atoms with van der Waals surface area (Å²) < 4.78 is 1.14. The molecule has 0 saturated carbocycles. The van der Waals surface area contributed by atoms with Crippen LogP contribution in [0.25, 0.3) is 0 Å². The lowest BCUT2D eigenvalue weighted by atomic mass is 10.1. The first-order chi connectivity index (χ1) is 7.54. The molecule has 1 amide bonds. The second-order valence-corrected chi connectivity index (χ2v) is 4.82. The lowest BCUT2D eigenvalue weighted by Gasteiger charge is -2.12. The van der Waals surface area contributed by atoms with Crippen LogP contribution in [-0.4, -0.2) is 11.9 Å². The van der Waals surface area contributed by atoms with Crippen LogP contribution in [0.2, 0.25) is 0 Å². The lowest BCUT2D eigenvalue weighted by Crippen LogP contribution is -2.35. The zero-order valence-corrected chi connectivity index (χ0v) is 11.3. The Labute approximate surface area is 109 Å². The van der Waals surface area contributed by atoms with Crippen molar-refractivity contribution in [3.63, 3.8) is 0 Å². The molecule has 0 fully saturated rings. The molecule has 0 aliphatic carbocycles. The van der Waals surface area contributed by atoms with Gasteiger partial charge in [-0.25, -0.2) is 0 Å². The standard InChI is InChI=1S/C12H15IN2O/c1-3-4-10(14)12(16)15-11-6-5-9(13)7-8(11)2/h3,5-7,10H,1,4,14H2,2H3,(H,15,16). The molecule has 0 spiro atoms. The zero-order chi connectivity index (χ0) is 12.1. The van der Waals surface area contributed by atoms with Crippen LogP contribution in [0.15, 0.2) is 30.9 Å². The molecule has 3 N–H and O–H groups in total. The van der Waals surface area contributed by atoms with E-state index in [-0.39, 0.29) is 5.91 Å². The fraction of sp³-hybridized carbons (Fsp3) is 0.250. The topological polar surface area (TPSA) is 55.1 Å². The van der Waals surface area contributed by atoms with Gasteiger partial charge in [-0.3, -0.25) is 4.79 Å². The highest BCUT2D eigenvalue weighted by Gasteiger charge is 2.12. The number of anilines is 1. The zero-order valence-electron chi connectivity index (χ0n) is 9.16. The molecule has 1 aromatic rings. The number of halogens is 1. The van der Waals surface area contributed by atoms with Crippen molar-refractivity contribution in [2.24, 2.45) is 5.73 Å². The summed E-state index contributed by atoms with van der Waals surface area (Å²) in [5.74, 6) is -0.177. The van der Waals surface area contributed by atoms with Gasteiger partial charge in [0.2, 0.25) is 5.91 Å². The fourth-order valence-electron chi connectivity index (χ4n) is 1.28. The van der Waals surface area contributed by atoms with E-state index in [0.29, 0.717) is 6.42 Å². The molecule has 0 heterocycles. The smallest absolute Gasteiger partial charge is 0.241 e. The van der Waals surface area contributed by atoms with Gasteiger partial charge in [-0.05, 0) is 59.7 Å². The number of benzene rings is 1. The summed E-state index contributed by atoms with van der Waals surface area (Å²) in [5, 5.41) is 2.81. The van der Waals surface area contributed by atoms with Crippen molar-refractivity contribution in [3.05, 3.63) is 40.0 Å². The highest BCUT2D eigenvalue weighted by molar-refractivity contribution is 14.1. The van der Waals surface area contributed by atoms with Crippen molar-refractivity contribution in [3.8, 4) is 0 Å². The molecule has 0 radical (unpaired) electrons. The summed E-state index contributed by atoms with van der Waals surface area (Å²) in [7, 11) is 0. The minimum Gasteiger partial charge on any atom is -0.324 e. The Morgan fingerprint density at radius 2 is 2.38 bits per heavy atom. The van der Waals surface area contributed by atoms with Crippen LogP contribution in [0.4, 0.5) is 5.69 Å². The normalized spacial score (nSPS) is 11.9. The molecular formula is C12H15IN2O. The average Bonchev–Trinajstić information content (AvgIpc) is 2.22. The Balaban J connectivity index is 2.73. The maximum Gasteiger partial charge on any atom is 0.241 e. The average molecular weight is 330 g/mol. The minimum atomic E-state index is -0.531. The number of hydrogen-bond acceptors (Lipinski definition) is 2. The molecule has 3 nitrogen and oxygen atoms in total. The molecule has 16 heavy (non-hydrogen) atoms. The monoisotopic (exact) mass is 330 g/mol. The number of amides is 1. The van der Waals surface area contributed by atoms with E-state index in [2.05, 4.69) is 34.5 Å². The molecular weight excluding hydrogens is 315 g/mol. The molecule has 1 rings (SSSR count). The van der Waals surface area contributed by atoms with E-state index in [4.69, 9.17) is 5.73 Å². The van der Waals surface area contributed by atoms with Gasteiger partial charge in [-0.2, -0.15) is 0 Å². The summed E-state index contributed by atoms with van der Waals surface area (Å²) in [6, 6.07) is 5.31. The summed E-state index contributed by atoms with van der Waals surface area (Å²) >= 11 is 2.23. The summed E-state index contributed by atoms with van der Waals surface area (Å²) in [4.78, 5) is 11.7. The van der Waals surface area contributed by atoms with Crippen molar-refractivity contribution in [1.29, 1.82) is 0 Å². The van der Waals surface area contributed by atoms with E-state index in [1.807, 2.05) is 25.1 Å². The largest absolute Gasteiger partial charge is 0.324 e. The first-order valence-corrected chi connectivity index (χ1v) is 6.06. The van der Waals surface area contributed by atoms with Gasteiger partial charge >= 0.3 is 0 Å². The van der Waals surface area contributed by atoms with Gasteiger partial charge in [0.25, 0.3) is 0 Å². The maximum absolute atomic E-state index is 11.7. The van der Waals surface area contributed by atoms with Crippen LogP contribution < -0.4 is 11.1 Å². The molecule has 4 heteroatoms. The fourth-order valence-corrected chi connectivity index (χ4v) is 1.93. The Morgan fingerprint density at radius 3 is 2.94 bits per heavy atom. The molecule has 0 bridgehead atoms. The molecule has 1 aromatic carbocycles. The molecule has 0 aliphatic rings. The van der Waals surface area contributed by atoms with Crippen molar-refractivity contribution >= 4 is 34.2 Å². The highest BCUT2D eigenvalue weighted by Crippen LogP contribution is 2.17. The Morgan fingerprint density at radius 1 is 1.69 bits per heavy atom. The summed E-state index contributed by atoms with van der Waals surface area (Å²) in [5.41, 5.74) is 7.51. The minimum absolute atomic E-state index is 0.177. The number of aryl methyl sites for hydroxylation is 1. The summed E-state index contributed by atoms with van der Waals surface area (Å²) in [6.45, 7) is 5.51. The van der Waals surface area contributed by atoms with Crippen molar-refractivity contribution in [1.82, 2.24) is 0 Å². The molecule has 0 aromatic heterocycles. The number of nitrogens with one attached hydrogen (secondary N) is 1. The van der Waals surface area contributed by atoms with E-state index >= 15 is 0 Å². The van der Waals surface area contributed by atoms with Crippen molar-refractivity contribution in [2.75, 3.05) is 5.32 Å². The summed E-state index contributed by atoms with van der Waals surface area (Å²) in [6.07, 6.45) is 2.13. The number of hydrogen-bond donors (Lipinski definition) is 2. The SMILES string of the molecule is C=CCC(N)C(=O)Nc1ccc(I)cc1C. The van der Waals surface area contributed by atoms with Gasteiger partial charge in [0, 0.05) is 9.26 Å². The predicted octanol–water partition coefficient (Wildman–Crippen LogP) is 2.44. The van der Waals surface area contributed by atoms with E-state index in [0.717, 1.165) is 14.8 Å². The molecule has 86 valence electrons. The van der Waals surface area contributed by atoms with Crippen LogP contribution in [0, 0.1) is 10.5 Å². The van der Waals surface area contributed by atoms with Crippen LogP contribution in [0.3, 0.4) is 0 Å². The van der Waals surface area contributed by atoms with Gasteiger partial charge in [-0.15, -0.1) is 6.58 Å². The van der Waals surface area contributed by atoms with E-state index < -0.39 is 6.04 Å². The third-order valence-corrected chi connectivity index (χ3v) is 2.87. The molecule has 0 aliphatic heterocycles. The van der Waals surface area contributed by atoms with E-state index in [9.17, 15) is 4.79 Å². The Hall–Kier alpha value is -0.880. The van der Waals surface area contributed by atoms with Crippen LogP contribution >= 0.6 is 22.6 Å². The third kappa shape index (κ3) is 3.61. The Bertz CT molecular complexity index is 404. The van der Waals surface area contributed by atoms with Gasteiger partial charge < -0.3 is 11.1 Å².